The summed E-state index contributed by atoms with van der Waals surface area (Å²) in [6.45, 7) is 5.63. The molecule has 0 N–H and O–H groups in total. The highest BCUT2D eigenvalue weighted by molar-refractivity contribution is 9.11. The summed E-state index contributed by atoms with van der Waals surface area (Å²) in [5, 5.41) is 20.2. The van der Waals surface area contributed by atoms with Gasteiger partial charge in [0.2, 0.25) is 0 Å². The van der Waals surface area contributed by atoms with Gasteiger partial charge in [0.05, 0.1) is 31.9 Å². The van der Waals surface area contributed by atoms with Gasteiger partial charge in [-0.1, -0.05) is 78.1 Å². The molecule has 0 bridgehead atoms. The quantitative estimate of drug-likeness (QED) is 0.0850. The van der Waals surface area contributed by atoms with E-state index in [0.29, 0.717) is 35.9 Å². The number of thiophene rings is 2. The average Bonchev–Trinajstić information content (AvgIpc) is 3.66. The van der Waals surface area contributed by atoms with Gasteiger partial charge in [-0.3, -0.25) is 0 Å². The number of hydrogen-bond donors (Lipinski definition) is 0. The fraction of sp³-hybridized carbons (Fsp3) is 0.444. The van der Waals surface area contributed by atoms with Crippen LogP contribution in [0.4, 0.5) is 0 Å². The van der Waals surface area contributed by atoms with Crippen molar-refractivity contribution in [2.45, 2.75) is 90.9 Å². The van der Waals surface area contributed by atoms with Crippen LogP contribution < -0.4 is 9.47 Å². The van der Waals surface area contributed by atoms with Gasteiger partial charge in [-0.25, -0.2) is 0 Å². The minimum atomic E-state index is 0.566. The Hall–Kier alpha value is -2.36. The van der Waals surface area contributed by atoms with E-state index in [9.17, 15) is 10.5 Å². The molecular formula is C36H42Br2N2O2S2. The van der Waals surface area contributed by atoms with Crippen LogP contribution in [0.3, 0.4) is 0 Å². The zero-order chi connectivity index (χ0) is 31.6. The van der Waals surface area contributed by atoms with Crippen LogP contribution in [0.15, 0.2) is 44.0 Å². The number of rotatable bonds is 20. The lowest BCUT2D eigenvalue weighted by atomic mass is 10.0. The Morgan fingerprint density at radius 2 is 1.02 bits per heavy atom. The fourth-order valence-corrected chi connectivity index (χ4v) is 7.45. The third kappa shape index (κ3) is 12.2. The number of benzene rings is 1. The summed E-state index contributed by atoms with van der Waals surface area (Å²) in [7, 11) is 0. The van der Waals surface area contributed by atoms with Gasteiger partial charge >= 0.3 is 0 Å². The van der Waals surface area contributed by atoms with Gasteiger partial charge in [-0.2, -0.15) is 10.5 Å². The summed E-state index contributed by atoms with van der Waals surface area (Å²) < 4.78 is 14.7. The molecule has 0 spiro atoms. The van der Waals surface area contributed by atoms with Crippen LogP contribution in [0.2, 0.25) is 0 Å². The molecule has 1 aromatic carbocycles. The summed E-state index contributed by atoms with van der Waals surface area (Å²) in [6.07, 6.45) is 17.9. The monoisotopic (exact) mass is 756 g/mol. The molecule has 2 heterocycles. The van der Waals surface area contributed by atoms with Crippen molar-refractivity contribution in [2.24, 2.45) is 0 Å². The van der Waals surface area contributed by atoms with Crippen LogP contribution in [0.5, 0.6) is 11.5 Å². The largest absolute Gasteiger partial charge is 0.493 e. The molecular weight excluding hydrogens is 716 g/mol. The number of halogens is 2. The minimum Gasteiger partial charge on any atom is -0.493 e. The molecule has 3 aromatic rings. The molecule has 0 saturated heterocycles. The van der Waals surface area contributed by atoms with Gasteiger partial charge in [0.25, 0.3) is 0 Å². The number of hydrogen-bond acceptors (Lipinski definition) is 6. The van der Waals surface area contributed by atoms with E-state index in [2.05, 4.69) is 57.8 Å². The summed E-state index contributed by atoms with van der Waals surface area (Å²) in [5.41, 5.74) is 2.72. The predicted octanol–water partition coefficient (Wildman–Crippen LogP) is 12.9. The molecule has 0 saturated carbocycles. The molecule has 0 radical (unpaired) electrons. The molecule has 2 aromatic heterocycles. The third-order valence-corrected chi connectivity index (χ3v) is 10.5. The topological polar surface area (TPSA) is 66.0 Å². The van der Waals surface area contributed by atoms with Crippen LogP contribution in [0.1, 0.15) is 112 Å². The number of ether oxygens (including phenoxy) is 2. The molecule has 0 aliphatic rings. The summed E-state index contributed by atoms with van der Waals surface area (Å²) in [6, 6.07) is 16.5. The van der Waals surface area contributed by atoms with Crippen molar-refractivity contribution in [1.82, 2.24) is 0 Å². The summed E-state index contributed by atoms with van der Waals surface area (Å²) >= 11 is 10.1. The van der Waals surface area contributed by atoms with Crippen LogP contribution in [0, 0.1) is 22.7 Å². The Labute approximate surface area is 288 Å². The molecule has 234 valence electrons. The Morgan fingerprint density at radius 3 is 1.36 bits per heavy atom. The van der Waals surface area contributed by atoms with Crippen molar-refractivity contribution >= 4 is 77.8 Å². The molecule has 3 rings (SSSR count). The van der Waals surface area contributed by atoms with Crippen LogP contribution in [-0.2, 0) is 0 Å². The molecule has 4 nitrogen and oxygen atoms in total. The van der Waals surface area contributed by atoms with Crippen LogP contribution in [0.25, 0.3) is 23.3 Å². The molecule has 0 unspecified atom stereocenters. The average molecular weight is 759 g/mol. The SMILES string of the molecule is CCCCCCCCOc1cc(/C=C(/C#N)c2ccc(Br)s2)c(OCCCCCCCC)cc1/C=C(/C#N)c1ccc(Br)s1. The van der Waals surface area contributed by atoms with Crippen molar-refractivity contribution < 1.29 is 9.47 Å². The summed E-state index contributed by atoms with van der Waals surface area (Å²) in [4.78, 5) is 1.77. The van der Waals surface area contributed by atoms with E-state index >= 15 is 0 Å². The molecule has 0 atom stereocenters. The van der Waals surface area contributed by atoms with E-state index < -0.39 is 0 Å². The normalized spacial score (nSPS) is 11.8. The Bertz CT molecular complexity index is 1350. The minimum absolute atomic E-state index is 0.566. The second-order valence-electron chi connectivity index (χ2n) is 10.7. The summed E-state index contributed by atoms with van der Waals surface area (Å²) in [5.74, 6) is 1.37. The number of allylic oxidation sites excluding steroid dienone is 2. The number of unbranched alkanes of at least 4 members (excludes halogenated alkanes) is 10. The van der Waals surface area contributed by atoms with E-state index in [1.54, 1.807) is 0 Å². The van der Waals surface area contributed by atoms with Gasteiger partial charge in [0.1, 0.15) is 23.6 Å². The van der Waals surface area contributed by atoms with E-state index in [1.807, 2.05) is 48.6 Å². The standard InChI is InChI=1S/C36H42Br2N2O2S2/c1-3-5-7-9-11-13-19-41-31-23-28(22-30(26-40)34-16-18-36(38)44-34)32(42-20-14-12-10-8-6-4-2)24-27(31)21-29(25-39)33-15-17-35(37)43-33/h15-18,21-24H,3-14,19-20H2,1-2H3/b29-21-,30-22-. The maximum atomic E-state index is 10.1. The highest BCUT2D eigenvalue weighted by atomic mass is 79.9. The van der Waals surface area contributed by atoms with Gasteiger partial charge < -0.3 is 9.47 Å². The Morgan fingerprint density at radius 1 is 0.636 bits per heavy atom. The third-order valence-electron chi connectivity index (χ3n) is 7.17. The van der Waals surface area contributed by atoms with Gasteiger partial charge in [-0.05, 0) is 93.3 Å². The van der Waals surface area contributed by atoms with Gasteiger partial charge in [0, 0.05) is 20.9 Å². The second-order valence-corrected chi connectivity index (χ2v) is 15.6. The van der Waals surface area contributed by atoms with Crippen molar-refractivity contribution in [1.29, 1.82) is 10.5 Å². The number of nitrogens with zero attached hydrogens (tertiary/aromatic N) is 2. The van der Waals surface area contributed by atoms with Gasteiger partial charge in [-0.15, -0.1) is 22.7 Å². The van der Waals surface area contributed by atoms with E-state index in [-0.39, 0.29) is 0 Å². The Kier molecular flexibility index (Phi) is 16.9. The van der Waals surface area contributed by atoms with Crippen LogP contribution in [-0.4, -0.2) is 13.2 Å². The molecule has 0 amide bonds. The molecule has 0 aliphatic carbocycles. The smallest absolute Gasteiger partial charge is 0.127 e. The van der Waals surface area contributed by atoms with Crippen molar-refractivity contribution in [3.63, 3.8) is 0 Å². The lowest BCUT2D eigenvalue weighted by Crippen LogP contribution is -2.03. The van der Waals surface area contributed by atoms with E-state index in [1.165, 1.54) is 74.0 Å². The maximum absolute atomic E-state index is 10.1. The first kappa shape index (κ1) is 36.1. The molecule has 44 heavy (non-hydrogen) atoms. The highest BCUT2D eigenvalue weighted by Gasteiger charge is 2.15. The Balaban J connectivity index is 1.98. The maximum Gasteiger partial charge on any atom is 0.127 e. The molecule has 0 fully saturated rings. The predicted molar refractivity (Wildman–Crippen MR) is 195 cm³/mol. The number of nitriles is 2. The van der Waals surface area contributed by atoms with Crippen molar-refractivity contribution in [2.75, 3.05) is 13.2 Å². The molecule has 8 heteroatoms. The first-order valence-electron chi connectivity index (χ1n) is 15.7. The molecule has 0 aliphatic heterocycles. The first-order valence-corrected chi connectivity index (χ1v) is 18.9. The zero-order valence-electron chi connectivity index (χ0n) is 25.8. The van der Waals surface area contributed by atoms with Crippen molar-refractivity contribution in [3.8, 4) is 23.6 Å². The lowest BCUT2D eigenvalue weighted by Gasteiger charge is -2.16. The second kappa shape index (κ2) is 20.6. The lowest BCUT2D eigenvalue weighted by molar-refractivity contribution is 0.295. The first-order chi connectivity index (χ1) is 21.5. The fourth-order valence-electron chi connectivity index (χ4n) is 4.74. The van der Waals surface area contributed by atoms with Crippen LogP contribution >= 0.6 is 54.5 Å². The highest BCUT2D eigenvalue weighted by Crippen LogP contribution is 2.37. The van der Waals surface area contributed by atoms with E-state index in [0.717, 1.165) is 54.1 Å². The van der Waals surface area contributed by atoms with E-state index in [4.69, 9.17) is 9.47 Å². The van der Waals surface area contributed by atoms with Gasteiger partial charge in [0.15, 0.2) is 0 Å². The zero-order valence-corrected chi connectivity index (χ0v) is 30.6. The van der Waals surface area contributed by atoms with Crippen molar-refractivity contribution in [3.05, 3.63) is 64.9 Å².